The fraction of sp³-hybridized carbons (Fsp3) is 0.308. The van der Waals surface area contributed by atoms with Gasteiger partial charge < -0.3 is 14.2 Å². The number of hydrogen-bond donors (Lipinski definition) is 0. The van der Waals surface area contributed by atoms with Crippen molar-refractivity contribution in [3.8, 4) is 5.75 Å². The third kappa shape index (κ3) is 3.38. The van der Waals surface area contributed by atoms with Crippen LogP contribution in [0.15, 0.2) is 71.8 Å². The highest BCUT2D eigenvalue weighted by atomic mass is 32.2. The first-order valence-corrected chi connectivity index (χ1v) is 12.9. The van der Waals surface area contributed by atoms with Crippen LogP contribution in [-0.2, 0) is 17.1 Å². The summed E-state index contributed by atoms with van der Waals surface area (Å²) in [5.41, 5.74) is 1.98. The maximum atomic E-state index is 13.2. The summed E-state index contributed by atoms with van der Waals surface area (Å²) in [6.07, 6.45) is 4.11. The number of anilines is 1. The number of benzene rings is 3. The fourth-order valence-corrected chi connectivity index (χ4v) is 6.94. The second kappa shape index (κ2) is 7.78. The van der Waals surface area contributed by atoms with Crippen LogP contribution in [-0.4, -0.2) is 50.2 Å². The molecule has 0 aliphatic carbocycles. The lowest BCUT2D eigenvalue weighted by Gasteiger charge is -2.33. The van der Waals surface area contributed by atoms with Gasteiger partial charge in [0.1, 0.15) is 11.9 Å². The summed E-state index contributed by atoms with van der Waals surface area (Å²) in [4.78, 5) is 2.78. The Hall–Kier alpha value is -3.03. The van der Waals surface area contributed by atoms with Crippen LogP contribution in [0.25, 0.3) is 21.7 Å². The minimum absolute atomic E-state index is 0.181. The minimum Gasteiger partial charge on any atom is -0.490 e. The number of hydrogen-bond acceptors (Lipinski definition) is 4. The zero-order valence-corrected chi connectivity index (χ0v) is 19.5. The number of fused-ring (bicyclic) bond motifs is 1. The van der Waals surface area contributed by atoms with Gasteiger partial charge in [-0.3, -0.25) is 4.31 Å². The van der Waals surface area contributed by atoms with Crippen LogP contribution < -0.4 is 9.04 Å². The highest BCUT2D eigenvalue weighted by Gasteiger charge is 2.35. The highest BCUT2D eigenvalue weighted by molar-refractivity contribution is 7.93. The highest BCUT2D eigenvalue weighted by Crippen LogP contribution is 2.41. The average Bonchev–Trinajstić information content (AvgIpc) is 3.31. The van der Waals surface area contributed by atoms with E-state index in [1.54, 1.807) is 10.4 Å². The second-order valence-corrected chi connectivity index (χ2v) is 10.8. The van der Waals surface area contributed by atoms with E-state index in [2.05, 4.69) is 27.8 Å². The zero-order valence-electron chi connectivity index (χ0n) is 18.6. The quantitative estimate of drug-likeness (QED) is 0.443. The van der Waals surface area contributed by atoms with E-state index >= 15 is 0 Å². The Morgan fingerprint density at radius 1 is 0.939 bits per heavy atom. The molecule has 170 valence electrons. The molecule has 1 aromatic heterocycles. The molecule has 3 aromatic carbocycles. The van der Waals surface area contributed by atoms with Gasteiger partial charge >= 0.3 is 0 Å². The molecule has 0 saturated carbocycles. The van der Waals surface area contributed by atoms with Gasteiger partial charge in [0.05, 0.1) is 16.1 Å². The van der Waals surface area contributed by atoms with E-state index in [0.717, 1.165) is 53.5 Å². The molecular weight excluding hydrogens is 434 g/mol. The van der Waals surface area contributed by atoms with Gasteiger partial charge in [-0.15, -0.1) is 0 Å². The van der Waals surface area contributed by atoms with Crippen LogP contribution in [0, 0.1) is 0 Å². The summed E-state index contributed by atoms with van der Waals surface area (Å²) < 4.78 is 36.4. The van der Waals surface area contributed by atoms with Crippen molar-refractivity contribution in [1.29, 1.82) is 0 Å². The first-order chi connectivity index (χ1) is 16.0. The molecule has 1 fully saturated rings. The van der Waals surface area contributed by atoms with Crippen molar-refractivity contribution in [3.05, 3.63) is 66.9 Å². The van der Waals surface area contributed by atoms with Crippen LogP contribution in [0.5, 0.6) is 5.75 Å². The Kier molecular flexibility index (Phi) is 4.85. The maximum absolute atomic E-state index is 13.2. The van der Waals surface area contributed by atoms with Gasteiger partial charge in [0.15, 0.2) is 0 Å². The average molecular weight is 462 g/mol. The summed E-state index contributed by atoms with van der Waals surface area (Å²) in [5, 5.41) is 2.97. The van der Waals surface area contributed by atoms with E-state index in [1.165, 1.54) is 5.52 Å². The van der Waals surface area contributed by atoms with Crippen LogP contribution >= 0.6 is 0 Å². The molecule has 6 nitrogen and oxygen atoms in total. The van der Waals surface area contributed by atoms with E-state index in [9.17, 15) is 8.42 Å². The summed E-state index contributed by atoms with van der Waals surface area (Å²) in [7, 11) is -1.44. The van der Waals surface area contributed by atoms with Crippen molar-refractivity contribution in [2.45, 2.75) is 23.8 Å². The molecule has 0 N–H and O–H groups in total. The molecule has 4 aromatic rings. The molecule has 2 aliphatic rings. The molecule has 0 amide bonds. The molecule has 1 saturated heterocycles. The van der Waals surface area contributed by atoms with Crippen molar-refractivity contribution in [3.63, 3.8) is 0 Å². The Labute approximate surface area is 194 Å². The predicted molar refractivity (Wildman–Crippen MR) is 131 cm³/mol. The maximum Gasteiger partial charge on any atom is 0.265 e. The molecule has 7 heteroatoms. The lowest BCUT2D eigenvalue weighted by atomic mass is 10.1. The van der Waals surface area contributed by atoms with Crippen molar-refractivity contribution >= 4 is 37.4 Å². The van der Waals surface area contributed by atoms with Crippen molar-refractivity contribution < 1.29 is 13.2 Å². The van der Waals surface area contributed by atoms with Crippen LogP contribution in [0.4, 0.5) is 5.69 Å². The van der Waals surface area contributed by atoms with Gasteiger partial charge in [0.25, 0.3) is 10.0 Å². The second-order valence-electron chi connectivity index (χ2n) is 8.98. The van der Waals surface area contributed by atoms with Crippen molar-refractivity contribution in [1.82, 2.24) is 9.47 Å². The van der Waals surface area contributed by atoms with E-state index in [0.29, 0.717) is 18.0 Å². The summed E-state index contributed by atoms with van der Waals surface area (Å²) >= 11 is 0. The summed E-state index contributed by atoms with van der Waals surface area (Å²) in [6, 6.07) is 19.6. The van der Waals surface area contributed by atoms with E-state index in [1.807, 2.05) is 49.5 Å². The molecule has 0 atom stereocenters. The molecular formula is C26H27N3O3S. The van der Waals surface area contributed by atoms with E-state index in [4.69, 9.17) is 4.74 Å². The third-order valence-corrected chi connectivity index (χ3v) is 8.87. The molecule has 0 radical (unpaired) electrons. The Bertz CT molecular complexity index is 1450. The van der Waals surface area contributed by atoms with Gasteiger partial charge in [-0.25, -0.2) is 8.42 Å². The number of piperidine rings is 1. The van der Waals surface area contributed by atoms with Crippen molar-refractivity contribution in [2.24, 2.45) is 7.05 Å². The number of sulfonamides is 1. The molecule has 0 unspecified atom stereocenters. The molecule has 0 bridgehead atoms. The van der Waals surface area contributed by atoms with Crippen molar-refractivity contribution in [2.75, 3.05) is 30.5 Å². The largest absolute Gasteiger partial charge is 0.490 e. The number of ether oxygens (including phenoxy) is 1. The van der Waals surface area contributed by atoms with Gasteiger partial charge in [-0.1, -0.05) is 30.3 Å². The van der Waals surface area contributed by atoms with Crippen LogP contribution in [0.2, 0.25) is 0 Å². The summed E-state index contributed by atoms with van der Waals surface area (Å²) in [6.45, 7) is 2.98. The molecule has 0 spiro atoms. The van der Waals surface area contributed by atoms with Crippen LogP contribution in [0.3, 0.4) is 0 Å². The standard InChI is InChI=1S/C26H27N3O3S/c1-27-14-13-21-22(27)7-4-9-24(21)32-20-11-15-28(16-12-20)17-18-29-23-8-2-5-19-6-3-10-25(26(19)23)33(29,30)31/h2-10,13-14,20H,11-12,15-18H2,1H3. The van der Waals surface area contributed by atoms with Gasteiger partial charge in [0.2, 0.25) is 0 Å². The Balaban J connectivity index is 1.11. The first kappa shape index (κ1) is 20.6. The number of aromatic nitrogens is 1. The number of rotatable bonds is 5. The molecule has 33 heavy (non-hydrogen) atoms. The number of aryl methyl sites for hydroxylation is 1. The van der Waals surface area contributed by atoms with E-state index in [-0.39, 0.29) is 6.10 Å². The normalized spacial score (nSPS) is 18.4. The van der Waals surface area contributed by atoms with Gasteiger partial charge in [-0.2, -0.15) is 0 Å². The van der Waals surface area contributed by atoms with Crippen LogP contribution in [0.1, 0.15) is 12.8 Å². The zero-order chi connectivity index (χ0) is 22.6. The molecule has 2 aliphatic heterocycles. The van der Waals surface area contributed by atoms with Gasteiger partial charge in [-0.05, 0) is 48.6 Å². The fourth-order valence-electron chi connectivity index (χ4n) is 5.24. The first-order valence-electron chi connectivity index (χ1n) is 11.5. The lowest BCUT2D eigenvalue weighted by molar-refractivity contribution is 0.104. The molecule has 3 heterocycles. The number of likely N-dealkylation sites (tertiary alicyclic amines) is 1. The monoisotopic (exact) mass is 461 g/mol. The predicted octanol–water partition coefficient (Wildman–Crippen LogP) is 4.38. The van der Waals surface area contributed by atoms with Gasteiger partial charge in [0, 0.05) is 50.2 Å². The Morgan fingerprint density at radius 2 is 1.70 bits per heavy atom. The van der Waals surface area contributed by atoms with E-state index < -0.39 is 10.0 Å². The lowest BCUT2D eigenvalue weighted by Crippen LogP contribution is -2.43. The summed E-state index contributed by atoms with van der Waals surface area (Å²) in [5.74, 6) is 0.945. The third-order valence-electron chi connectivity index (χ3n) is 7.02. The topological polar surface area (TPSA) is 54.8 Å². The minimum atomic E-state index is -3.49. The molecule has 6 rings (SSSR count). The number of nitrogens with zero attached hydrogens (tertiary/aromatic N) is 3. The Morgan fingerprint density at radius 3 is 2.52 bits per heavy atom. The smallest absolute Gasteiger partial charge is 0.265 e. The SMILES string of the molecule is Cn1ccc2c(OC3CCN(CCN4c5cccc6cccc(c56)S4(=O)=O)CC3)cccc21.